The number of aromatic nitrogens is 2. The molecule has 96 valence electrons. The van der Waals surface area contributed by atoms with Gasteiger partial charge in [-0.05, 0) is 25.7 Å². The Balaban J connectivity index is 1.89. The van der Waals surface area contributed by atoms with E-state index in [4.69, 9.17) is 5.26 Å². The fourth-order valence-corrected chi connectivity index (χ4v) is 2.58. The number of carbonyl (C=O) groups is 1. The average molecular weight is 246 g/mol. The summed E-state index contributed by atoms with van der Waals surface area (Å²) in [4.78, 5) is 16.1. The monoisotopic (exact) mass is 246 g/mol. The van der Waals surface area contributed by atoms with Crippen LogP contribution in [0.4, 0.5) is 0 Å². The van der Waals surface area contributed by atoms with Gasteiger partial charge in [-0.2, -0.15) is 5.26 Å². The molecule has 1 unspecified atom stereocenters. The highest BCUT2D eigenvalue weighted by molar-refractivity contribution is 5.86. The molecule has 1 amide bonds. The maximum atomic E-state index is 12.1. The summed E-state index contributed by atoms with van der Waals surface area (Å²) in [5, 5.41) is 12.1. The predicted molar refractivity (Wildman–Crippen MR) is 66.3 cm³/mol. The van der Waals surface area contributed by atoms with Crippen molar-refractivity contribution < 1.29 is 4.79 Å². The van der Waals surface area contributed by atoms with E-state index >= 15 is 0 Å². The molecule has 1 aromatic rings. The summed E-state index contributed by atoms with van der Waals surface area (Å²) in [7, 11) is 0. The van der Waals surface area contributed by atoms with E-state index in [1.165, 1.54) is 0 Å². The van der Waals surface area contributed by atoms with Gasteiger partial charge in [-0.25, -0.2) is 4.98 Å². The molecule has 0 aliphatic heterocycles. The van der Waals surface area contributed by atoms with Crippen LogP contribution in [-0.2, 0) is 11.3 Å². The third-order valence-electron chi connectivity index (χ3n) is 3.46. The number of rotatable bonds is 4. The standard InChI is InChI=1S/C13H18N4O/c1-10-5-13(6-10,8-14)12(18)16-11(2)7-17-4-3-15-9-17/h3-4,9-11H,5-7H2,1-2H3,(H,16,18). The summed E-state index contributed by atoms with van der Waals surface area (Å²) in [6.07, 6.45) is 6.63. The van der Waals surface area contributed by atoms with Crippen LogP contribution in [0.25, 0.3) is 0 Å². The van der Waals surface area contributed by atoms with Gasteiger partial charge in [0.15, 0.2) is 0 Å². The Labute approximate surface area is 107 Å². The highest BCUT2D eigenvalue weighted by Crippen LogP contribution is 2.45. The second kappa shape index (κ2) is 4.81. The lowest BCUT2D eigenvalue weighted by Gasteiger charge is -2.39. The molecule has 0 aromatic carbocycles. The molecular weight excluding hydrogens is 228 g/mol. The van der Waals surface area contributed by atoms with Crippen LogP contribution in [0.5, 0.6) is 0 Å². The molecule has 1 saturated carbocycles. The molecule has 0 saturated heterocycles. The number of nitrogens with zero attached hydrogens (tertiary/aromatic N) is 3. The van der Waals surface area contributed by atoms with Crippen LogP contribution >= 0.6 is 0 Å². The zero-order valence-electron chi connectivity index (χ0n) is 10.8. The zero-order valence-corrected chi connectivity index (χ0v) is 10.8. The highest BCUT2D eigenvalue weighted by Gasteiger charge is 2.49. The molecule has 1 aromatic heterocycles. The summed E-state index contributed by atoms with van der Waals surface area (Å²) < 4.78 is 1.91. The molecule has 0 bridgehead atoms. The van der Waals surface area contributed by atoms with Crippen LogP contribution in [0.2, 0.25) is 0 Å². The first-order chi connectivity index (χ1) is 8.55. The summed E-state index contributed by atoms with van der Waals surface area (Å²) in [6, 6.07) is 2.17. The molecule has 5 heteroatoms. The van der Waals surface area contributed by atoms with E-state index in [1.807, 2.05) is 17.7 Å². The first-order valence-corrected chi connectivity index (χ1v) is 6.24. The van der Waals surface area contributed by atoms with Crippen molar-refractivity contribution in [1.82, 2.24) is 14.9 Å². The Kier molecular flexibility index (Phi) is 3.37. The number of hydrogen-bond donors (Lipinski definition) is 1. The molecule has 1 heterocycles. The van der Waals surface area contributed by atoms with Gasteiger partial charge in [0, 0.05) is 25.0 Å². The van der Waals surface area contributed by atoms with E-state index in [0.29, 0.717) is 25.3 Å². The Morgan fingerprint density at radius 3 is 2.94 bits per heavy atom. The lowest BCUT2D eigenvalue weighted by atomic mass is 9.63. The number of nitrogens with one attached hydrogen (secondary N) is 1. The molecule has 2 rings (SSSR count). The van der Waals surface area contributed by atoms with Gasteiger partial charge < -0.3 is 9.88 Å². The van der Waals surface area contributed by atoms with E-state index in [1.54, 1.807) is 12.5 Å². The fraction of sp³-hybridized carbons (Fsp3) is 0.615. The van der Waals surface area contributed by atoms with Crippen molar-refractivity contribution in [2.24, 2.45) is 11.3 Å². The summed E-state index contributed by atoms with van der Waals surface area (Å²) in [6.45, 7) is 4.67. The smallest absolute Gasteiger partial charge is 0.240 e. The Hall–Kier alpha value is -1.83. The van der Waals surface area contributed by atoms with E-state index < -0.39 is 5.41 Å². The van der Waals surface area contributed by atoms with Gasteiger partial charge in [-0.1, -0.05) is 6.92 Å². The average Bonchev–Trinajstić information content (AvgIpc) is 2.76. The van der Waals surface area contributed by atoms with Crippen molar-refractivity contribution in [3.05, 3.63) is 18.7 Å². The molecule has 0 radical (unpaired) electrons. The quantitative estimate of drug-likeness (QED) is 0.871. The van der Waals surface area contributed by atoms with E-state index in [-0.39, 0.29) is 11.9 Å². The van der Waals surface area contributed by atoms with Crippen LogP contribution < -0.4 is 5.32 Å². The molecule has 1 aliphatic carbocycles. The molecule has 1 atom stereocenters. The molecule has 1 N–H and O–H groups in total. The maximum absolute atomic E-state index is 12.1. The third-order valence-corrected chi connectivity index (χ3v) is 3.46. The van der Waals surface area contributed by atoms with E-state index in [2.05, 4.69) is 23.3 Å². The lowest BCUT2D eigenvalue weighted by Crippen LogP contribution is -2.51. The number of imidazole rings is 1. The summed E-state index contributed by atoms with van der Waals surface area (Å²) >= 11 is 0. The minimum Gasteiger partial charge on any atom is -0.350 e. The van der Waals surface area contributed by atoms with Crippen molar-refractivity contribution in [2.45, 2.75) is 39.3 Å². The van der Waals surface area contributed by atoms with Crippen molar-refractivity contribution in [3.63, 3.8) is 0 Å². The zero-order chi connectivity index (χ0) is 13.2. The topological polar surface area (TPSA) is 70.7 Å². The number of amides is 1. The van der Waals surface area contributed by atoms with Crippen LogP contribution in [-0.4, -0.2) is 21.5 Å². The van der Waals surface area contributed by atoms with Crippen molar-refractivity contribution in [3.8, 4) is 6.07 Å². The van der Waals surface area contributed by atoms with Crippen LogP contribution in [0.1, 0.15) is 26.7 Å². The molecule has 0 spiro atoms. The van der Waals surface area contributed by atoms with Crippen LogP contribution in [0.15, 0.2) is 18.7 Å². The predicted octanol–water partition coefficient (Wildman–Crippen LogP) is 1.33. The van der Waals surface area contributed by atoms with Crippen molar-refractivity contribution >= 4 is 5.91 Å². The van der Waals surface area contributed by atoms with Gasteiger partial charge in [0.05, 0.1) is 12.4 Å². The van der Waals surface area contributed by atoms with Gasteiger partial charge in [0.25, 0.3) is 0 Å². The van der Waals surface area contributed by atoms with Gasteiger partial charge >= 0.3 is 0 Å². The van der Waals surface area contributed by atoms with Crippen LogP contribution in [0, 0.1) is 22.7 Å². The molecule has 1 aliphatic rings. The molecule has 18 heavy (non-hydrogen) atoms. The number of nitriles is 1. The first kappa shape index (κ1) is 12.6. The third kappa shape index (κ3) is 2.37. The number of carbonyl (C=O) groups excluding carboxylic acids is 1. The van der Waals surface area contributed by atoms with Crippen molar-refractivity contribution in [1.29, 1.82) is 5.26 Å². The summed E-state index contributed by atoms with van der Waals surface area (Å²) in [5.41, 5.74) is -0.789. The van der Waals surface area contributed by atoms with Crippen molar-refractivity contribution in [2.75, 3.05) is 0 Å². The molecular formula is C13H18N4O. The van der Waals surface area contributed by atoms with Gasteiger partial charge in [0.1, 0.15) is 5.41 Å². The van der Waals surface area contributed by atoms with Gasteiger partial charge in [0.2, 0.25) is 5.91 Å². The molecule has 5 nitrogen and oxygen atoms in total. The normalized spacial score (nSPS) is 27.9. The van der Waals surface area contributed by atoms with Gasteiger partial charge in [-0.15, -0.1) is 0 Å². The lowest BCUT2D eigenvalue weighted by molar-refractivity contribution is -0.134. The summed E-state index contributed by atoms with van der Waals surface area (Å²) in [5.74, 6) is 0.343. The first-order valence-electron chi connectivity index (χ1n) is 6.24. The van der Waals surface area contributed by atoms with Crippen LogP contribution in [0.3, 0.4) is 0 Å². The second-order valence-electron chi connectivity index (χ2n) is 5.34. The minimum atomic E-state index is -0.789. The second-order valence-corrected chi connectivity index (χ2v) is 5.34. The Morgan fingerprint density at radius 1 is 1.72 bits per heavy atom. The fourth-order valence-electron chi connectivity index (χ4n) is 2.58. The largest absolute Gasteiger partial charge is 0.350 e. The van der Waals surface area contributed by atoms with E-state index in [9.17, 15) is 4.79 Å². The van der Waals surface area contributed by atoms with E-state index in [0.717, 1.165) is 0 Å². The number of hydrogen-bond acceptors (Lipinski definition) is 3. The van der Waals surface area contributed by atoms with Gasteiger partial charge in [-0.3, -0.25) is 4.79 Å². The maximum Gasteiger partial charge on any atom is 0.240 e. The SMILES string of the molecule is CC1CC(C#N)(C(=O)NC(C)Cn2ccnc2)C1. The molecule has 1 fully saturated rings. The Bertz CT molecular complexity index is 454. The highest BCUT2D eigenvalue weighted by atomic mass is 16.2. The minimum absolute atomic E-state index is 0.00664. The Morgan fingerprint density at radius 2 is 2.44 bits per heavy atom.